The van der Waals surface area contributed by atoms with Crippen LogP contribution in [0, 0.1) is 0 Å². The van der Waals surface area contributed by atoms with Crippen molar-refractivity contribution in [2.24, 2.45) is 0 Å². The summed E-state index contributed by atoms with van der Waals surface area (Å²) >= 11 is 0. The molecular formula is C12H19N3O2. The van der Waals surface area contributed by atoms with Gasteiger partial charge in [-0.25, -0.2) is 14.8 Å². The van der Waals surface area contributed by atoms with E-state index in [9.17, 15) is 4.79 Å². The molecule has 94 valence electrons. The molecule has 0 saturated carbocycles. The molecule has 17 heavy (non-hydrogen) atoms. The summed E-state index contributed by atoms with van der Waals surface area (Å²) in [6.45, 7) is 9.84. The largest absolute Gasteiger partial charge is 0.477 e. The first-order chi connectivity index (χ1) is 7.69. The first-order valence-electron chi connectivity index (χ1n) is 5.59. The van der Waals surface area contributed by atoms with E-state index in [4.69, 9.17) is 5.11 Å². The van der Waals surface area contributed by atoms with E-state index in [2.05, 4.69) is 15.3 Å². The van der Waals surface area contributed by atoms with E-state index in [-0.39, 0.29) is 17.2 Å². The molecule has 0 radical (unpaired) electrons. The van der Waals surface area contributed by atoms with Gasteiger partial charge in [0.1, 0.15) is 11.6 Å². The van der Waals surface area contributed by atoms with Crippen LogP contribution in [0.1, 0.15) is 56.8 Å². The molecule has 0 unspecified atom stereocenters. The van der Waals surface area contributed by atoms with Gasteiger partial charge >= 0.3 is 5.97 Å². The third kappa shape index (κ3) is 4.01. The van der Waals surface area contributed by atoms with Crippen LogP contribution in [0.3, 0.4) is 0 Å². The Morgan fingerprint density at radius 1 is 1.35 bits per heavy atom. The Balaban J connectivity index is 3.17. The van der Waals surface area contributed by atoms with Crippen molar-refractivity contribution >= 4 is 11.8 Å². The molecule has 5 nitrogen and oxygen atoms in total. The molecule has 0 aliphatic heterocycles. The first kappa shape index (κ1) is 13.4. The number of nitrogens with zero attached hydrogens (tertiary/aromatic N) is 2. The van der Waals surface area contributed by atoms with Crippen molar-refractivity contribution in [3.05, 3.63) is 17.6 Å². The van der Waals surface area contributed by atoms with Crippen molar-refractivity contribution in [1.29, 1.82) is 0 Å². The molecule has 0 atom stereocenters. The number of aromatic nitrogens is 2. The fraction of sp³-hybridized carbons (Fsp3) is 0.583. The van der Waals surface area contributed by atoms with Crippen LogP contribution in [0.2, 0.25) is 0 Å². The third-order valence-corrected chi connectivity index (χ3v) is 1.98. The average molecular weight is 237 g/mol. The van der Waals surface area contributed by atoms with Crippen LogP contribution < -0.4 is 5.32 Å². The van der Waals surface area contributed by atoms with E-state index in [1.54, 1.807) is 0 Å². The molecule has 0 bridgehead atoms. The molecule has 0 aliphatic carbocycles. The lowest BCUT2D eigenvalue weighted by Gasteiger charge is -2.22. The van der Waals surface area contributed by atoms with E-state index in [1.165, 1.54) is 6.07 Å². The molecule has 0 fully saturated rings. The van der Waals surface area contributed by atoms with Crippen molar-refractivity contribution < 1.29 is 9.90 Å². The summed E-state index contributed by atoms with van der Waals surface area (Å²) in [5, 5.41) is 12.2. The van der Waals surface area contributed by atoms with Gasteiger partial charge in [-0.15, -0.1) is 0 Å². The maximum atomic E-state index is 11.0. The molecule has 5 heteroatoms. The third-order valence-electron chi connectivity index (χ3n) is 1.98. The van der Waals surface area contributed by atoms with Crippen molar-refractivity contribution in [1.82, 2.24) is 9.97 Å². The van der Waals surface area contributed by atoms with Crippen LogP contribution in [0.4, 0.5) is 5.82 Å². The minimum atomic E-state index is -1.04. The number of carboxylic acid groups (broad SMARTS) is 1. The van der Waals surface area contributed by atoms with Gasteiger partial charge in [0, 0.05) is 17.5 Å². The van der Waals surface area contributed by atoms with Crippen LogP contribution in [0.15, 0.2) is 6.07 Å². The number of rotatable bonds is 3. The van der Waals surface area contributed by atoms with Gasteiger partial charge in [0.15, 0.2) is 5.69 Å². The van der Waals surface area contributed by atoms with Crippen LogP contribution >= 0.6 is 0 Å². The topological polar surface area (TPSA) is 75.1 Å². The zero-order valence-electron chi connectivity index (χ0n) is 10.9. The van der Waals surface area contributed by atoms with Crippen LogP contribution in [-0.4, -0.2) is 26.6 Å². The summed E-state index contributed by atoms with van der Waals surface area (Å²) in [5.74, 6) is 0.145. The molecular weight excluding hydrogens is 218 g/mol. The van der Waals surface area contributed by atoms with Gasteiger partial charge < -0.3 is 10.4 Å². The van der Waals surface area contributed by atoms with Gasteiger partial charge in [0.2, 0.25) is 0 Å². The number of carboxylic acids is 1. The monoisotopic (exact) mass is 237 g/mol. The van der Waals surface area contributed by atoms with Gasteiger partial charge in [0.05, 0.1) is 0 Å². The molecule has 0 aromatic carbocycles. The SMILES string of the molecule is CC(C)c1nc(NC(C)(C)C)cc(C(=O)O)n1. The number of aromatic carboxylic acids is 1. The predicted octanol–water partition coefficient (Wildman–Crippen LogP) is 2.51. The summed E-state index contributed by atoms with van der Waals surface area (Å²) in [6, 6.07) is 1.46. The second-order valence-corrected chi connectivity index (χ2v) is 5.33. The van der Waals surface area contributed by atoms with Gasteiger partial charge in [-0.2, -0.15) is 0 Å². The average Bonchev–Trinajstić information content (AvgIpc) is 2.14. The zero-order valence-corrected chi connectivity index (χ0v) is 10.9. The van der Waals surface area contributed by atoms with E-state index >= 15 is 0 Å². The smallest absolute Gasteiger partial charge is 0.354 e. The Bertz CT molecular complexity index is 422. The van der Waals surface area contributed by atoms with Gasteiger partial charge in [-0.05, 0) is 20.8 Å². The number of hydrogen-bond donors (Lipinski definition) is 2. The maximum absolute atomic E-state index is 11.0. The van der Waals surface area contributed by atoms with Crippen LogP contribution in [-0.2, 0) is 0 Å². The Hall–Kier alpha value is -1.65. The van der Waals surface area contributed by atoms with E-state index in [0.717, 1.165) is 0 Å². The van der Waals surface area contributed by atoms with Crippen molar-refractivity contribution in [2.75, 3.05) is 5.32 Å². The Morgan fingerprint density at radius 3 is 2.35 bits per heavy atom. The highest BCUT2D eigenvalue weighted by Gasteiger charge is 2.16. The summed E-state index contributed by atoms with van der Waals surface area (Å²) in [4.78, 5) is 19.3. The molecule has 2 N–H and O–H groups in total. The molecule has 0 spiro atoms. The van der Waals surface area contributed by atoms with E-state index in [1.807, 2.05) is 34.6 Å². The molecule has 1 aromatic rings. The van der Waals surface area contributed by atoms with E-state index in [0.29, 0.717) is 11.6 Å². The maximum Gasteiger partial charge on any atom is 0.354 e. The second kappa shape index (κ2) is 4.69. The van der Waals surface area contributed by atoms with Gasteiger partial charge in [-0.3, -0.25) is 0 Å². The van der Waals surface area contributed by atoms with Crippen LogP contribution in [0.5, 0.6) is 0 Å². The quantitative estimate of drug-likeness (QED) is 0.844. The van der Waals surface area contributed by atoms with Crippen molar-refractivity contribution in [3.8, 4) is 0 Å². The summed E-state index contributed by atoms with van der Waals surface area (Å²) < 4.78 is 0. The molecule has 0 amide bonds. The Kier molecular flexibility index (Phi) is 3.70. The second-order valence-electron chi connectivity index (χ2n) is 5.33. The van der Waals surface area contributed by atoms with Crippen molar-refractivity contribution in [3.63, 3.8) is 0 Å². The fourth-order valence-corrected chi connectivity index (χ4v) is 1.28. The van der Waals surface area contributed by atoms with E-state index < -0.39 is 5.97 Å². The van der Waals surface area contributed by atoms with Gasteiger partial charge in [0.25, 0.3) is 0 Å². The lowest BCUT2D eigenvalue weighted by atomic mass is 10.1. The molecule has 1 heterocycles. The molecule has 0 aliphatic rings. The Labute approximate surface area is 101 Å². The minimum Gasteiger partial charge on any atom is -0.477 e. The highest BCUT2D eigenvalue weighted by atomic mass is 16.4. The minimum absolute atomic E-state index is 0.0236. The molecule has 1 aromatic heterocycles. The lowest BCUT2D eigenvalue weighted by Crippen LogP contribution is -2.27. The zero-order chi connectivity index (χ0) is 13.2. The highest BCUT2D eigenvalue weighted by Crippen LogP contribution is 2.17. The predicted molar refractivity (Wildman–Crippen MR) is 66.5 cm³/mol. The summed E-state index contributed by atoms with van der Waals surface area (Å²) in [5.41, 5.74) is -0.145. The number of nitrogens with one attached hydrogen (secondary N) is 1. The fourth-order valence-electron chi connectivity index (χ4n) is 1.28. The number of hydrogen-bond acceptors (Lipinski definition) is 4. The van der Waals surface area contributed by atoms with Crippen LogP contribution in [0.25, 0.3) is 0 Å². The summed E-state index contributed by atoms with van der Waals surface area (Å²) in [6.07, 6.45) is 0. The normalized spacial score (nSPS) is 11.6. The lowest BCUT2D eigenvalue weighted by molar-refractivity contribution is 0.0690. The Morgan fingerprint density at radius 2 is 1.94 bits per heavy atom. The number of carbonyl (C=O) groups is 1. The standard InChI is InChI=1S/C12H19N3O2/c1-7(2)10-13-8(11(16)17)6-9(14-10)15-12(3,4)5/h6-7H,1-5H3,(H,16,17)(H,13,14,15). The summed E-state index contributed by atoms with van der Waals surface area (Å²) in [7, 11) is 0. The first-order valence-corrected chi connectivity index (χ1v) is 5.59. The molecule has 0 saturated heterocycles. The highest BCUT2D eigenvalue weighted by molar-refractivity contribution is 5.86. The van der Waals surface area contributed by atoms with Gasteiger partial charge in [-0.1, -0.05) is 13.8 Å². The van der Waals surface area contributed by atoms with Crippen molar-refractivity contribution in [2.45, 2.75) is 46.1 Å². The molecule has 1 rings (SSSR count). The number of anilines is 1.